The van der Waals surface area contributed by atoms with Gasteiger partial charge < -0.3 is 31.2 Å². The standard InChI is InChI=1S/C41H44N14O6/c1-6-54-30(16-22(3)50-54)38(58)48-40-46-28-17-25(35(43)56)19-31(61-21-24-10-12-27(60-5)13-11-24)33(28)52(40)14-8-9-15-53-37-29(18-26(20-45-37)36(44)57)47-41(53)49-39(59)34-32(42)23(4)51-55(34)7-2/h8-13,16-20H,6-7,14-15,21,42H2,1-5H3,(H2,43,56)(H2,44,57)(H,46,48,58)(H,47,49,59)/b9-8+. The Labute approximate surface area is 348 Å². The van der Waals surface area contributed by atoms with E-state index in [4.69, 9.17) is 31.7 Å². The van der Waals surface area contributed by atoms with Gasteiger partial charge in [0.15, 0.2) is 5.65 Å². The number of primary amides is 2. The molecule has 20 heteroatoms. The van der Waals surface area contributed by atoms with E-state index in [0.717, 1.165) is 5.56 Å². The lowest BCUT2D eigenvalue weighted by Crippen LogP contribution is -2.21. The number of ether oxygens (including phenoxy) is 2. The van der Waals surface area contributed by atoms with Crippen LogP contribution in [-0.4, -0.2) is 74.4 Å². The highest BCUT2D eigenvalue weighted by molar-refractivity contribution is 6.07. The highest BCUT2D eigenvalue weighted by Gasteiger charge is 2.24. The van der Waals surface area contributed by atoms with Crippen LogP contribution in [0.3, 0.4) is 0 Å². The predicted octanol–water partition coefficient (Wildman–Crippen LogP) is 3.96. The average molecular weight is 829 g/mol. The van der Waals surface area contributed by atoms with Crippen LogP contribution in [0, 0.1) is 13.8 Å². The van der Waals surface area contributed by atoms with Crippen LogP contribution in [-0.2, 0) is 32.8 Å². The van der Waals surface area contributed by atoms with Crippen molar-refractivity contribution in [3.05, 3.63) is 106 Å². The van der Waals surface area contributed by atoms with Crippen LogP contribution >= 0.6 is 0 Å². The van der Waals surface area contributed by atoms with Gasteiger partial charge in [0.05, 0.1) is 35.3 Å². The Hall–Kier alpha value is -8.03. The number of hydrogen-bond acceptors (Lipinski definition) is 12. The molecule has 0 bridgehead atoms. The highest BCUT2D eigenvalue weighted by Crippen LogP contribution is 2.32. The predicted molar refractivity (Wildman–Crippen MR) is 226 cm³/mol. The van der Waals surface area contributed by atoms with E-state index < -0.39 is 23.6 Å². The Kier molecular flexibility index (Phi) is 11.5. The monoisotopic (exact) mass is 828 g/mol. The molecule has 0 aliphatic rings. The van der Waals surface area contributed by atoms with Crippen LogP contribution in [0.15, 0.2) is 66.9 Å². The number of nitrogens with two attached hydrogens (primary N) is 3. The molecule has 7 rings (SSSR count). The van der Waals surface area contributed by atoms with E-state index in [1.54, 1.807) is 46.9 Å². The number of nitrogens with one attached hydrogen (secondary N) is 2. The Balaban J connectivity index is 1.27. The number of hydrogen-bond donors (Lipinski definition) is 5. The van der Waals surface area contributed by atoms with Crippen molar-refractivity contribution in [2.75, 3.05) is 23.5 Å². The molecule has 0 saturated heterocycles. The third-order valence-electron chi connectivity index (χ3n) is 9.83. The van der Waals surface area contributed by atoms with Crippen molar-refractivity contribution in [2.24, 2.45) is 11.5 Å². The fraction of sp³-hybridized carbons (Fsp3) is 0.244. The van der Waals surface area contributed by atoms with E-state index in [2.05, 4.69) is 30.8 Å². The van der Waals surface area contributed by atoms with Crippen molar-refractivity contribution in [3.63, 3.8) is 0 Å². The van der Waals surface area contributed by atoms with Crippen LogP contribution in [0.4, 0.5) is 17.6 Å². The summed E-state index contributed by atoms with van der Waals surface area (Å²) in [5, 5.41) is 14.5. The number of pyridine rings is 1. The van der Waals surface area contributed by atoms with Crippen molar-refractivity contribution in [2.45, 2.75) is 60.5 Å². The van der Waals surface area contributed by atoms with Gasteiger partial charge in [0.2, 0.25) is 23.7 Å². The van der Waals surface area contributed by atoms with Crippen LogP contribution in [0.1, 0.15) is 72.5 Å². The number of nitrogens with zero attached hydrogens (tertiary/aromatic N) is 9. The summed E-state index contributed by atoms with van der Waals surface area (Å²) < 4.78 is 18.1. The number of carbonyl (C=O) groups excluding carboxylic acids is 4. The summed E-state index contributed by atoms with van der Waals surface area (Å²) in [5.41, 5.74) is 22.0. The molecule has 0 radical (unpaired) electrons. The molecular formula is C41H44N14O6. The molecule has 0 unspecified atom stereocenters. The van der Waals surface area contributed by atoms with Crippen LogP contribution in [0.25, 0.3) is 22.2 Å². The minimum atomic E-state index is -0.692. The fourth-order valence-corrected chi connectivity index (χ4v) is 6.77. The maximum atomic E-state index is 13.8. The number of imidazole rings is 2. The molecule has 4 amide bonds. The van der Waals surface area contributed by atoms with E-state index in [9.17, 15) is 19.2 Å². The van der Waals surface area contributed by atoms with Gasteiger partial charge >= 0.3 is 0 Å². The highest BCUT2D eigenvalue weighted by atomic mass is 16.5. The zero-order valence-electron chi connectivity index (χ0n) is 34.1. The Bertz CT molecular complexity index is 2870. The SMILES string of the molecule is CCn1nc(C)cc1C(=O)Nc1nc2cc(C(N)=O)cc(OCc3ccc(OC)cc3)c2n1C/C=C/Cn1c(NC(=O)c2c(N)c(C)nn2CC)nc2cc(C(N)=O)cnc21. The van der Waals surface area contributed by atoms with Gasteiger partial charge in [-0.3, -0.25) is 43.7 Å². The molecule has 0 atom stereocenters. The van der Waals surface area contributed by atoms with Gasteiger partial charge in [-0.15, -0.1) is 0 Å². The van der Waals surface area contributed by atoms with Gasteiger partial charge in [0, 0.05) is 37.9 Å². The van der Waals surface area contributed by atoms with Crippen molar-refractivity contribution in [1.29, 1.82) is 0 Å². The molecule has 7 aromatic rings. The summed E-state index contributed by atoms with van der Waals surface area (Å²) in [6.45, 7) is 8.46. The molecule has 61 heavy (non-hydrogen) atoms. The molecule has 2 aromatic carbocycles. The largest absolute Gasteiger partial charge is 0.497 e. The summed E-state index contributed by atoms with van der Waals surface area (Å²) in [6.07, 6.45) is 4.95. The number of rotatable bonds is 16. The molecule has 0 spiro atoms. The van der Waals surface area contributed by atoms with Gasteiger partial charge in [-0.2, -0.15) is 10.2 Å². The lowest BCUT2D eigenvalue weighted by atomic mass is 10.1. The van der Waals surface area contributed by atoms with E-state index in [1.165, 1.54) is 29.1 Å². The summed E-state index contributed by atoms with van der Waals surface area (Å²) in [7, 11) is 1.58. The number of aromatic nitrogens is 9. The molecule has 0 aliphatic carbocycles. The summed E-state index contributed by atoms with van der Waals surface area (Å²) in [6, 6.07) is 13.6. The van der Waals surface area contributed by atoms with Crippen LogP contribution in [0.5, 0.6) is 11.5 Å². The third-order valence-corrected chi connectivity index (χ3v) is 9.83. The summed E-state index contributed by atoms with van der Waals surface area (Å²) in [4.78, 5) is 65.8. The minimum absolute atomic E-state index is 0.121. The quantitative estimate of drug-likeness (QED) is 0.0867. The number of nitrogen functional groups attached to an aromatic ring is 1. The zero-order valence-corrected chi connectivity index (χ0v) is 34.1. The fourth-order valence-electron chi connectivity index (χ4n) is 6.77. The second-order valence-electron chi connectivity index (χ2n) is 13.9. The van der Waals surface area contributed by atoms with E-state index in [1.807, 2.05) is 44.2 Å². The molecule has 20 nitrogen and oxygen atoms in total. The molecule has 0 saturated carbocycles. The Morgan fingerprint density at radius 1 is 0.787 bits per heavy atom. The van der Waals surface area contributed by atoms with Gasteiger partial charge in [0.25, 0.3) is 11.8 Å². The number of fused-ring (bicyclic) bond motifs is 2. The maximum Gasteiger partial charge on any atom is 0.278 e. The normalized spacial score (nSPS) is 11.4. The van der Waals surface area contributed by atoms with Gasteiger partial charge in [0.1, 0.15) is 40.5 Å². The Morgan fingerprint density at radius 2 is 1.43 bits per heavy atom. The topological polar surface area (TPSA) is 273 Å². The third kappa shape index (κ3) is 8.31. The first-order chi connectivity index (χ1) is 29.3. The Morgan fingerprint density at radius 3 is 2.10 bits per heavy atom. The number of anilines is 3. The molecular weight excluding hydrogens is 785 g/mol. The van der Waals surface area contributed by atoms with Crippen LogP contribution < -0.4 is 37.3 Å². The van der Waals surface area contributed by atoms with Crippen molar-refractivity contribution in [3.8, 4) is 11.5 Å². The second kappa shape index (κ2) is 17.1. The first-order valence-electron chi connectivity index (χ1n) is 19.2. The number of methoxy groups -OCH3 is 1. The maximum absolute atomic E-state index is 13.8. The van der Waals surface area contributed by atoms with Crippen LogP contribution in [0.2, 0.25) is 0 Å². The van der Waals surface area contributed by atoms with Crippen molar-refractivity contribution in [1.82, 2.24) is 43.6 Å². The molecule has 0 aliphatic heterocycles. The van der Waals surface area contributed by atoms with E-state index in [0.29, 0.717) is 63.9 Å². The molecule has 314 valence electrons. The molecule has 5 heterocycles. The second-order valence-corrected chi connectivity index (χ2v) is 13.9. The number of benzene rings is 2. The average Bonchev–Trinajstić information content (AvgIpc) is 3.98. The van der Waals surface area contributed by atoms with E-state index >= 15 is 0 Å². The lowest BCUT2D eigenvalue weighted by molar-refractivity contribution is 0.0991. The first kappa shape index (κ1) is 41.1. The van der Waals surface area contributed by atoms with E-state index in [-0.39, 0.29) is 54.1 Å². The first-order valence-corrected chi connectivity index (χ1v) is 19.2. The molecule has 8 N–H and O–H groups in total. The van der Waals surface area contributed by atoms with Gasteiger partial charge in [-0.25, -0.2) is 15.0 Å². The number of aryl methyl sites for hydroxylation is 4. The van der Waals surface area contributed by atoms with Gasteiger partial charge in [-0.1, -0.05) is 24.3 Å². The molecule has 0 fully saturated rings. The zero-order chi connectivity index (χ0) is 43.5. The molecule has 5 aromatic heterocycles. The number of allylic oxidation sites excluding steroid dienone is 2. The summed E-state index contributed by atoms with van der Waals surface area (Å²) >= 11 is 0. The smallest absolute Gasteiger partial charge is 0.278 e. The van der Waals surface area contributed by atoms with Crippen molar-refractivity contribution < 1.29 is 28.7 Å². The van der Waals surface area contributed by atoms with Gasteiger partial charge in [-0.05, 0) is 69.7 Å². The lowest BCUT2D eigenvalue weighted by Gasteiger charge is -2.13. The minimum Gasteiger partial charge on any atom is -0.497 e. The number of amides is 4. The number of carbonyl (C=O) groups is 4. The van der Waals surface area contributed by atoms with Crippen molar-refractivity contribution >= 4 is 63.4 Å². The summed E-state index contributed by atoms with van der Waals surface area (Å²) in [5.74, 6) is -1.13.